The van der Waals surface area contributed by atoms with Crippen LogP contribution in [0.4, 0.5) is 19.3 Å². The molecule has 0 aliphatic rings. The van der Waals surface area contributed by atoms with Gasteiger partial charge in [0.15, 0.2) is 5.69 Å². The number of hydrogen-bond acceptors (Lipinski definition) is 4. The van der Waals surface area contributed by atoms with E-state index in [-0.39, 0.29) is 23.5 Å². The molecule has 4 rings (SSSR count). The number of rotatable bonds is 7. The molecule has 182 valence electrons. The van der Waals surface area contributed by atoms with Crippen molar-refractivity contribution in [2.24, 2.45) is 11.5 Å². The summed E-state index contributed by atoms with van der Waals surface area (Å²) >= 11 is 0. The summed E-state index contributed by atoms with van der Waals surface area (Å²) in [7, 11) is 0. The minimum absolute atomic E-state index is 0.0564. The van der Waals surface area contributed by atoms with Crippen LogP contribution in [0, 0.1) is 11.6 Å². The minimum Gasteiger partial charge on any atom is -0.364 e. The van der Waals surface area contributed by atoms with Gasteiger partial charge in [-0.05, 0) is 53.1 Å². The van der Waals surface area contributed by atoms with Crippen LogP contribution in [-0.2, 0) is 6.54 Å². The maximum atomic E-state index is 14.7. The average Bonchev–Trinajstić information content (AvgIpc) is 3.26. The molecule has 6 N–H and O–H groups in total. The van der Waals surface area contributed by atoms with Gasteiger partial charge in [-0.3, -0.25) is 9.59 Å². The molecule has 0 spiro atoms. The van der Waals surface area contributed by atoms with Crippen molar-refractivity contribution in [3.8, 4) is 16.8 Å². The van der Waals surface area contributed by atoms with Crippen molar-refractivity contribution in [2.45, 2.75) is 6.54 Å². The average molecular weight is 490 g/mol. The molecule has 4 amide bonds. The van der Waals surface area contributed by atoms with Gasteiger partial charge in [-0.2, -0.15) is 5.10 Å². The van der Waals surface area contributed by atoms with Crippen molar-refractivity contribution < 1.29 is 23.2 Å². The number of anilines is 1. The molecule has 0 bridgehead atoms. The maximum absolute atomic E-state index is 14.7. The number of carbonyl (C=O) groups is 3. The van der Waals surface area contributed by atoms with E-state index in [9.17, 15) is 23.2 Å². The van der Waals surface area contributed by atoms with E-state index in [1.54, 1.807) is 36.4 Å². The Bertz CT molecular complexity index is 1470. The van der Waals surface area contributed by atoms with Gasteiger partial charge in [0.1, 0.15) is 11.6 Å². The van der Waals surface area contributed by atoms with E-state index >= 15 is 0 Å². The summed E-state index contributed by atoms with van der Waals surface area (Å²) in [5.74, 6) is -2.60. The van der Waals surface area contributed by atoms with Crippen LogP contribution in [-0.4, -0.2) is 27.6 Å². The molecule has 3 aromatic carbocycles. The molecule has 1 aromatic heterocycles. The van der Waals surface area contributed by atoms with Crippen LogP contribution >= 0.6 is 0 Å². The number of aromatic nitrogens is 2. The Labute approximate surface area is 203 Å². The van der Waals surface area contributed by atoms with Crippen LogP contribution < -0.4 is 22.1 Å². The first-order valence-corrected chi connectivity index (χ1v) is 10.6. The van der Waals surface area contributed by atoms with Gasteiger partial charge < -0.3 is 22.1 Å². The normalized spacial score (nSPS) is 10.6. The Hall–Kier alpha value is -5.06. The fourth-order valence-electron chi connectivity index (χ4n) is 3.52. The number of nitrogens with one attached hydrogen (secondary N) is 2. The Kier molecular flexibility index (Phi) is 6.72. The van der Waals surface area contributed by atoms with Gasteiger partial charge in [0.05, 0.1) is 23.1 Å². The Balaban J connectivity index is 1.50. The van der Waals surface area contributed by atoms with Crippen LogP contribution in [0.15, 0.2) is 72.9 Å². The first kappa shape index (κ1) is 24.1. The Morgan fingerprint density at radius 2 is 1.64 bits per heavy atom. The number of halogens is 2. The van der Waals surface area contributed by atoms with Crippen molar-refractivity contribution in [3.05, 3.63) is 101 Å². The molecule has 1 heterocycles. The highest BCUT2D eigenvalue weighted by Crippen LogP contribution is 2.24. The molecular formula is C25H20F2N6O3. The van der Waals surface area contributed by atoms with Gasteiger partial charge in [-0.1, -0.05) is 30.3 Å². The van der Waals surface area contributed by atoms with E-state index < -0.39 is 29.5 Å². The number of nitrogens with zero attached hydrogens (tertiary/aromatic N) is 2. The Morgan fingerprint density at radius 3 is 2.28 bits per heavy atom. The van der Waals surface area contributed by atoms with Crippen LogP contribution in [0.1, 0.15) is 26.4 Å². The van der Waals surface area contributed by atoms with Crippen LogP contribution in [0.2, 0.25) is 0 Å². The molecule has 0 radical (unpaired) electrons. The second kappa shape index (κ2) is 10.1. The summed E-state index contributed by atoms with van der Waals surface area (Å²) in [6, 6.07) is 15.8. The zero-order valence-electron chi connectivity index (χ0n) is 18.7. The molecule has 0 saturated heterocycles. The molecule has 0 fully saturated rings. The van der Waals surface area contributed by atoms with Gasteiger partial charge >= 0.3 is 6.03 Å². The maximum Gasteiger partial charge on any atom is 0.316 e. The molecule has 0 unspecified atom stereocenters. The van der Waals surface area contributed by atoms with Crippen LogP contribution in [0.3, 0.4) is 0 Å². The predicted octanol–water partition coefficient (Wildman–Crippen LogP) is 3.34. The zero-order valence-corrected chi connectivity index (χ0v) is 18.7. The number of nitrogens with two attached hydrogens (primary N) is 2. The number of urea groups is 1. The SMILES string of the molecule is NC(=O)Nc1cn(-c2ccc(-c3ccc(C(=O)NCc4cccc(F)c4)c(F)c3)cc2)nc1C(N)=O. The second-order valence-electron chi connectivity index (χ2n) is 7.74. The summed E-state index contributed by atoms with van der Waals surface area (Å²) in [5.41, 5.74) is 12.4. The van der Waals surface area contributed by atoms with Crippen LogP contribution in [0.5, 0.6) is 0 Å². The van der Waals surface area contributed by atoms with Gasteiger partial charge in [0.25, 0.3) is 11.8 Å². The quantitative estimate of drug-likeness (QED) is 0.315. The summed E-state index contributed by atoms with van der Waals surface area (Å²) < 4.78 is 29.3. The molecule has 9 nitrogen and oxygen atoms in total. The molecule has 11 heteroatoms. The first-order valence-electron chi connectivity index (χ1n) is 10.6. The van der Waals surface area contributed by atoms with Gasteiger partial charge in [0, 0.05) is 6.54 Å². The van der Waals surface area contributed by atoms with E-state index in [0.29, 0.717) is 22.4 Å². The van der Waals surface area contributed by atoms with Crippen molar-refractivity contribution in [2.75, 3.05) is 5.32 Å². The van der Waals surface area contributed by atoms with E-state index in [4.69, 9.17) is 11.5 Å². The van der Waals surface area contributed by atoms with E-state index in [2.05, 4.69) is 15.7 Å². The fourth-order valence-corrected chi connectivity index (χ4v) is 3.52. The van der Waals surface area contributed by atoms with Crippen molar-refractivity contribution in [3.63, 3.8) is 0 Å². The van der Waals surface area contributed by atoms with E-state index in [1.807, 2.05) is 0 Å². The number of amides is 4. The lowest BCUT2D eigenvalue weighted by Crippen LogP contribution is -2.23. The van der Waals surface area contributed by atoms with Gasteiger partial charge in [-0.25, -0.2) is 18.3 Å². The minimum atomic E-state index is -0.875. The number of hydrogen-bond donors (Lipinski definition) is 4. The van der Waals surface area contributed by atoms with Crippen molar-refractivity contribution >= 4 is 23.5 Å². The number of primary amides is 2. The highest BCUT2D eigenvalue weighted by atomic mass is 19.1. The third kappa shape index (κ3) is 5.36. The van der Waals surface area contributed by atoms with Gasteiger partial charge in [-0.15, -0.1) is 0 Å². The van der Waals surface area contributed by atoms with Crippen LogP contribution in [0.25, 0.3) is 16.8 Å². The summed E-state index contributed by atoms with van der Waals surface area (Å²) in [6.07, 6.45) is 1.39. The lowest BCUT2D eigenvalue weighted by atomic mass is 10.0. The van der Waals surface area contributed by atoms with E-state index in [1.165, 1.54) is 41.2 Å². The molecule has 0 aliphatic carbocycles. The second-order valence-corrected chi connectivity index (χ2v) is 7.74. The third-order valence-electron chi connectivity index (χ3n) is 5.23. The van der Waals surface area contributed by atoms with E-state index in [0.717, 1.165) is 0 Å². The fraction of sp³-hybridized carbons (Fsp3) is 0.0400. The highest BCUT2D eigenvalue weighted by Gasteiger charge is 2.17. The summed E-state index contributed by atoms with van der Waals surface area (Å²) in [4.78, 5) is 35.1. The smallest absolute Gasteiger partial charge is 0.316 e. The highest BCUT2D eigenvalue weighted by molar-refractivity contribution is 6.00. The molecule has 0 atom stereocenters. The van der Waals surface area contributed by atoms with Gasteiger partial charge in [0.2, 0.25) is 0 Å². The molecular weight excluding hydrogens is 470 g/mol. The summed E-state index contributed by atoms with van der Waals surface area (Å²) in [6.45, 7) is 0.0564. The van der Waals surface area contributed by atoms with Crippen molar-refractivity contribution in [1.29, 1.82) is 0 Å². The number of benzene rings is 3. The first-order chi connectivity index (χ1) is 17.2. The molecule has 36 heavy (non-hydrogen) atoms. The van der Waals surface area contributed by atoms with Crippen molar-refractivity contribution in [1.82, 2.24) is 15.1 Å². The zero-order chi connectivity index (χ0) is 25.8. The lowest BCUT2D eigenvalue weighted by Gasteiger charge is -2.09. The lowest BCUT2D eigenvalue weighted by molar-refractivity contribution is 0.0945. The topological polar surface area (TPSA) is 145 Å². The molecule has 0 saturated carbocycles. The standard InChI is InChI=1S/C25H20F2N6O3/c26-17-3-1-2-14(10-17)12-30-24(35)19-9-6-16(11-20(19)27)15-4-7-18(8-5-15)33-13-21(31-25(29)36)22(32-33)23(28)34/h1-11,13H,12H2,(H2,28,34)(H,30,35)(H3,29,31,36). The third-order valence-corrected chi connectivity index (χ3v) is 5.23. The predicted molar refractivity (Wildman–Crippen MR) is 128 cm³/mol. The molecule has 0 aliphatic heterocycles. The number of carbonyl (C=O) groups excluding carboxylic acids is 3. The largest absolute Gasteiger partial charge is 0.364 e. The molecule has 4 aromatic rings. The monoisotopic (exact) mass is 490 g/mol. The Morgan fingerprint density at radius 1 is 0.917 bits per heavy atom. The summed E-state index contributed by atoms with van der Waals surface area (Å²) in [5, 5.41) is 8.93.